The number of thiazole rings is 1. The van der Waals surface area contributed by atoms with Gasteiger partial charge in [-0.15, -0.1) is 0 Å². The number of aromatic nitrogens is 2. The maximum atomic E-state index is 12.2. The summed E-state index contributed by atoms with van der Waals surface area (Å²) in [6, 6.07) is 0. The van der Waals surface area contributed by atoms with Crippen molar-refractivity contribution in [1.29, 1.82) is 0 Å². The molecule has 4 nitrogen and oxygen atoms in total. The van der Waals surface area contributed by atoms with Gasteiger partial charge in [0.15, 0.2) is 4.96 Å². The molecule has 17 heavy (non-hydrogen) atoms. The van der Waals surface area contributed by atoms with Crippen molar-refractivity contribution in [3.05, 3.63) is 23.0 Å². The smallest absolute Gasteiger partial charge is 0.265 e. The van der Waals surface area contributed by atoms with Crippen molar-refractivity contribution in [2.75, 3.05) is 13.1 Å². The van der Waals surface area contributed by atoms with E-state index in [0.717, 1.165) is 28.6 Å². The summed E-state index contributed by atoms with van der Waals surface area (Å²) in [4.78, 5) is 20.2. The predicted octanol–water partition coefficient (Wildman–Crippen LogP) is 1.94. The molecule has 1 saturated carbocycles. The molecule has 0 unspecified atom stereocenters. The van der Waals surface area contributed by atoms with Gasteiger partial charge in [0.1, 0.15) is 4.88 Å². The molecule has 5 heteroatoms. The van der Waals surface area contributed by atoms with E-state index in [1.165, 1.54) is 24.2 Å². The number of carbonyl (C=O) groups excluding carboxylic acids is 1. The van der Waals surface area contributed by atoms with Gasteiger partial charge in [-0.3, -0.25) is 9.20 Å². The van der Waals surface area contributed by atoms with Crippen LogP contribution in [0.5, 0.6) is 0 Å². The fourth-order valence-electron chi connectivity index (χ4n) is 2.57. The van der Waals surface area contributed by atoms with Crippen LogP contribution in [-0.4, -0.2) is 33.3 Å². The van der Waals surface area contributed by atoms with Crippen molar-refractivity contribution >= 4 is 22.2 Å². The molecule has 3 heterocycles. The zero-order chi connectivity index (χ0) is 11.6. The summed E-state index contributed by atoms with van der Waals surface area (Å²) in [5.41, 5.74) is 1.53. The van der Waals surface area contributed by atoms with Gasteiger partial charge in [-0.1, -0.05) is 11.3 Å². The van der Waals surface area contributed by atoms with E-state index < -0.39 is 0 Å². The third-order valence-electron chi connectivity index (χ3n) is 3.78. The van der Waals surface area contributed by atoms with Crippen LogP contribution in [0, 0.1) is 12.3 Å². The number of hydrogen-bond acceptors (Lipinski definition) is 3. The molecule has 0 radical (unpaired) electrons. The van der Waals surface area contributed by atoms with E-state index in [2.05, 4.69) is 4.98 Å². The first-order chi connectivity index (χ1) is 8.15. The number of carbonyl (C=O) groups is 1. The second kappa shape index (κ2) is 2.90. The lowest BCUT2D eigenvalue weighted by Crippen LogP contribution is -2.51. The standard InChI is InChI=1S/C12H13N3OS/c1-8-4-14-5-9(17-11(14)13-8)10(16)15-6-12(7-15)2-3-12/h4-5H,2-3,6-7H2,1H3. The topological polar surface area (TPSA) is 37.6 Å². The summed E-state index contributed by atoms with van der Waals surface area (Å²) in [7, 11) is 0. The Kier molecular flexibility index (Phi) is 1.65. The van der Waals surface area contributed by atoms with E-state index in [1.54, 1.807) is 0 Å². The summed E-state index contributed by atoms with van der Waals surface area (Å²) in [6.45, 7) is 3.89. The second-order valence-electron chi connectivity index (χ2n) is 5.33. The first-order valence-electron chi connectivity index (χ1n) is 5.90. The average molecular weight is 247 g/mol. The molecule has 0 N–H and O–H groups in total. The van der Waals surface area contributed by atoms with E-state index in [9.17, 15) is 4.79 Å². The molecule has 88 valence electrons. The van der Waals surface area contributed by atoms with Crippen LogP contribution in [0.4, 0.5) is 0 Å². The largest absolute Gasteiger partial charge is 0.337 e. The molecule has 1 spiro atoms. The summed E-state index contributed by atoms with van der Waals surface area (Å²) >= 11 is 1.48. The molecule has 0 atom stereocenters. The number of rotatable bonds is 1. The number of fused-ring (bicyclic) bond motifs is 1. The minimum atomic E-state index is 0.177. The third kappa shape index (κ3) is 1.35. The lowest BCUT2D eigenvalue weighted by atomic mass is 9.97. The lowest BCUT2D eigenvalue weighted by Gasteiger charge is -2.39. The number of likely N-dealkylation sites (tertiary alicyclic amines) is 1. The molecule has 2 aromatic heterocycles. The Bertz CT molecular complexity index is 583. The van der Waals surface area contributed by atoms with Gasteiger partial charge in [0, 0.05) is 30.9 Å². The molecular weight excluding hydrogens is 234 g/mol. The van der Waals surface area contributed by atoms with Crippen LogP contribution in [0.3, 0.4) is 0 Å². The van der Waals surface area contributed by atoms with Crippen LogP contribution in [0.15, 0.2) is 12.4 Å². The average Bonchev–Trinajstić information content (AvgIpc) is 2.83. The van der Waals surface area contributed by atoms with Gasteiger partial charge in [-0.2, -0.15) is 0 Å². The van der Waals surface area contributed by atoms with Crippen molar-refractivity contribution in [2.24, 2.45) is 5.41 Å². The zero-order valence-electron chi connectivity index (χ0n) is 9.64. The molecule has 1 saturated heterocycles. The van der Waals surface area contributed by atoms with Crippen LogP contribution in [-0.2, 0) is 0 Å². The Morgan fingerprint density at radius 2 is 2.18 bits per heavy atom. The summed E-state index contributed by atoms with van der Waals surface area (Å²) in [5.74, 6) is 0.177. The van der Waals surface area contributed by atoms with Crippen LogP contribution < -0.4 is 0 Å². The van der Waals surface area contributed by atoms with Gasteiger partial charge in [-0.25, -0.2) is 4.98 Å². The van der Waals surface area contributed by atoms with Crippen molar-refractivity contribution < 1.29 is 4.79 Å². The molecule has 1 aliphatic carbocycles. The molecule has 4 rings (SSSR count). The van der Waals surface area contributed by atoms with E-state index in [4.69, 9.17) is 0 Å². The van der Waals surface area contributed by atoms with Crippen molar-refractivity contribution in [2.45, 2.75) is 19.8 Å². The Labute approximate surface area is 103 Å². The second-order valence-corrected chi connectivity index (χ2v) is 6.34. The van der Waals surface area contributed by atoms with Gasteiger partial charge in [-0.05, 0) is 19.8 Å². The Hall–Kier alpha value is -1.36. The Morgan fingerprint density at radius 3 is 2.82 bits per heavy atom. The van der Waals surface area contributed by atoms with Gasteiger partial charge in [0.2, 0.25) is 0 Å². The monoisotopic (exact) mass is 247 g/mol. The number of hydrogen-bond donors (Lipinski definition) is 0. The van der Waals surface area contributed by atoms with Crippen molar-refractivity contribution in [1.82, 2.24) is 14.3 Å². The first kappa shape index (κ1) is 9.65. The maximum absolute atomic E-state index is 12.2. The Morgan fingerprint density at radius 1 is 1.41 bits per heavy atom. The maximum Gasteiger partial charge on any atom is 0.265 e. The van der Waals surface area contributed by atoms with Crippen LogP contribution in [0.25, 0.3) is 4.96 Å². The molecule has 1 aliphatic heterocycles. The fraction of sp³-hybridized carbons (Fsp3) is 0.500. The minimum Gasteiger partial charge on any atom is -0.337 e. The Balaban J connectivity index is 1.60. The number of nitrogens with zero attached hydrogens (tertiary/aromatic N) is 3. The van der Waals surface area contributed by atoms with Crippen LogP contribution in [0.1, 0.15) is 28.2 Å². The predicted molar refractivity (Wildman–Crippen MR) is 65.4 cm³/mol. The molecule has 0 aromatic carbocycles. The van der Waals surface area contributed by atoms with E-state index >= 15 is 0 Å². The molecule has 1 amide bonds. The quantitative estimate of drug-likeness (QED) is 0.772. The molecule has 2 fully saturated rings. The highest BCUT2D eigenvalue weighted by molar-refractivity contribution is 7.18. The minimum absolute atomic E-state index is 0.177. The normalized spacial score (nSPS) is 20.9. The van der Waals surface area contributed by atoms with E-state index in [1.807, 2.05) is 28.6 Å². The SMILES string of the molecule is Cc1cn2cc(C(=O)N3CC4(CC4)C3)sc2n1. The summed E-state index contributed by atoms with van der Waals surface area (Å²) in [6.07, 6.45) is 6.48. The first-order valence-corrected chi connectivity index (χ1v) is 6.71. The van der Waals surface area contributed by atoms with E-state index in [-0.39, 0.29) is 5.91 Å². The molecular formula is C12H13N3OS. The van der Waals surface area contributed by atoms with Gasteiger partial charge >= 0.3 is 0 Å². The molecule has 2 aromatic rings. The molecule has 2 aliphatic rings. The van der Waals surface area contributed by atoms with Gasteiger partial charge in [0.05, 0.1) is 5.69 Å². The van der Waals surface area contributed by atoms with Gasteiger partial charge in [0.25, 0.3) is 5.91 Å². The number of amides is 1. The van der Waals surface area contributed by atoms with Crippen LogP contribution in [0.2, 0.25) is 0 Å². The summed E-state index contributed by atoms with van der Waals surface area (Å²) in [5, 5.41) is 0. The zero-order valence-corrected chi connectivity index (χ0v) is 10.5. The fourth-order valence-corrected chi connectivity index (χ4v) is 3.55. The van der Waals surface area contributed by atoms with Gasteiger partial charge < -0.3 is 4.90 Å². The van der Waals surface area contributed by atoms with E-state index in [0.29, 0.717) is 5.41 Å². The highest BCUT2D eigenvalue weighted by Crippen LogP contribution is 2.53. The third-order valence-corrected chi connectivity index (χ3v) is 4.77. The summed E-state index contributed by atoms with van der Waals surface area (Å²) < 4.78 is 1.94. The van der Waals surface area contributed by atoms with Crippen molar-refractivity contribution in [3.8, 4) is 0 Å². The number of imidazole rings is 1. The highest BCUT2D eigenvalue weighted by atomic mass is 32.1. The van der Waals surface area contributed by atoms with Crippen molar-refractivity contribution in [3.63, 3.8) is 0 Å². The number of aryl methyl sites for hydroxylation is 1. The van der Waals surface area contributed by atoms with Crippen LogP contribution >= 0.6 is 11.3 Å². The molecule has 0 bridgehead atoms. The lowest BCUT2D eigenvalue weighted by molar-refractivity contribution is 0.0447. The highest BCUT2D eigenvalue weighted by Gasteiger charge is 2.53.